The average Bonchev–Trinajstić information content (AvgIpc) is 2.89. The van der Waals surface area contributed by atoms with Gasteiger partial charge in [-0.05, 0) is 64.6 Å². The standard InChI is InChI=1S/C30H21F5N2/c31-26-13-12-20(15-27(26)32)17-36-23-9-4-8-21(16-23)28-22(14-19-6-2-1-3-7-19)18-37-29-24(28)10-5-11-25(29)30(33,34)35/h1-13,15-16,18,36H,14,17H2. The van der Waals surface area contributed by atoms with Crippen molar-refractivity contribution in [1.82, 2.24) is 4.98 Å². The van der Waals surface area contributed by atoms with E-state index >= 15 is 0 Å². The number of halogens is 5. The van der Waals surface area contributed by atoms with Crippen molar-refractivity contribution < 1.29 is 22.0 Å². The van der Waals surface area contributed by atoms with Crippen LogP contribution in [0.5, 0.6) is 0 Å². The highest BCUT2D eigenvalue weighted by Gasteiger charge is 2.33. The number of aromatic nitrogens is 1. The van der Waals surface area contributed by atoms with Crippen LogP contribution >= 0.6 is 0 Å². The van der Waals surface area contributed by atoms with E-state index in [2.05, 4.69) is 10.3 Å². The molecule has 0 spiro atoms. The molecule has 4 aromatic carbocycles. The summed E-state index contributed by atoms with van der Waals surface area (Å²) in [6.45, 7) is 0.243. The summed E-state index contributed by atoms with van der Waals surface area (Å²) in [6, 6.07) is 24.7. The van der Waals surface area contributed by atoms with Crippen molar-refractivity contribution in [2.75, 3.05) is 5.32 Å². The Balaban J connectivity index is 1.59. The maximum Gasteiger partial charge on any atom is 0.418 e. The van der Waals surface area contributed by atoms with Crippen molar-refractivity contribution in [2.45, 2.75) is 19.1 Å². The molecule has 0 aliphatic rings. The van der Waals surface area contributed by atoms with Crippen LogP contribution in [0.25, 0.3) is 22.0 Å². The van der Waals surface area contributed by atoms with Crippen molar-refractivity contribution in [1.29, 1.82) is 0 Å². The Hall–Kier alpha value is -4.26. The van der Waals surface area contributed by atoms with Crippen LogP contribution in [-0.4, -0.2) is 4.98 Å². The van der Waals surface area contributed by atoms with Gasteiger partial charge in [-0.3, -0.25) is 4.98 Å². The minimum absolute atomic E-state index is 0.109. The summed E-state index contributed by atoms with van der Waals surface area (Å²) in [7, 11) is 0. The molecule has 0 radical (unpaired) electrons. The first-order chi connectivity index (χ1) is 17.8. The number of alkyl halides is 3. The van der Waals surface area contributed by atoms with Gasteiger partial charge in [-0.1, -0.05) is 60.7 Å². The third-order valence-electron chi connectivity index (χ3n) is 6.15. The number of rotatable bonds is 6. The Bertz CT molecular complexity index is 1560. The maximum atomic E-state index is 13.8. The molecule has 0 bridgehead atoms. The van der Waals surface area contributed by atoms with E-state index in [1.165, 1.54) is 18.3 Å². The Labute approximate surface area is 210 Å². The fourth-order valence-electron chi connectivity index (χ4n) is 4.42. The molecule has 0 saturated carbocycles. The van der Waals surface area contributed by atoms with Crippen molar-refractivity contribution in [2.24, 2.45) is 0 Å². The summed E-state index contributed by atoms with van der Waals surface area (Å²) in [4.78, 5) is 4.24. The highest BCUT2D eigenvalue weighted by Crippen LogP contribution is 2.39. The first-order valence-corrected chi connectivity index (χ1v) is 11.6. The van der Waals surface area contributed by atoms with Gasteiger partial charge in [-0.25, -0.2) is 8.78 Å². The van der Waals surface area contributed by atoms with Gasteiger partial charge in [-0.15, -0.1) is 0 Å². The number of fused-ring (bicyclic) bond motifs is 1. The van der Waals surface area contributed by atoms with Gasteiger partial charge in [0.25, 0.3) is 0 Å². The van der Waals surface area contributed by atoms with E-state index in [-0.39, 0.29) is 12.1 Å². The predicted octanol–water partition coefficient (Wildman–Crippen LogP) is 8.40. The van der Waals surface area contributed by atoms with Crippen molar-refractivity contribution in [3.63, 3.8) is 0 Å². The van der Waals surface area contributed by atoms with Gasteiger partial charge in [0.05, 0.1) is 11.1 Å². The second-order valence-corrected chi connectivity index (χ2v) is 8.70. The monoisotopic (exact) mass is 504 g/mol. The number of nitrogens with zero attached hydrogens (tertiary/aromatic N) is 1. The zero-order valence-corrected chi connectivity index (χ0v) is 19.5. The SMILES string of the molecule is Fc1ccc(CNc2cccc(-c3c(Cc4ccccc4)cnc4c(C(F)(F)F)cccc34)c2)cc1F. The van der Waals surface area contributed by atoms with Gasteiger partial charge in [0.15, 0.2) is 11.6 Å². The molecule has 5 aromatic rings. The second-order valence-electron chi connectivity index (χ2n) is 8.70. The molecule has 7 heteroatoms. The van der Waals surface area contributed by atoms with Crippen LogP contribution in [0.1, 0.15) is 22.3 Å². The molecular weight excluding hydrogens is 483 g/mol. The van der Waals surface area contributed by atoms with Crippen LogP contribution in [0.3, 0.4) is 0 Å². The van der Waals surface area contributed by atoms with Crippen molar-refractivity contribution in [3.8, 4) is 11.1 Å². The number of benzene rings is 4. The lowest BCUT2D eigenvalue weighted by molar-refractivity contribution is -0.136. The highest BCUT2D eigenvalue weighted by atomic mass is 19.4. The van der Waals surface area contributed by atoms with E-state index in [9.17, 15) is 22.0 Å². The molecule has 1 heterocycles. The number of hydrogen-bond donors (Lipinski definition) is 1. The lowest BCUT2D eigenvalue weighted by Gasteiger charge is -2.17. The summed E-state index contributed by atoms with van der Waals surface area (Å²) in [5, 5.41) is 3.59. The van der Waals surface area contributed by atoms with E-state index in [4.69, 9.17) is 0 Å². The number of hydrogen-bond acceptors (Lipinski definition) is 2. The van der Waals surface area contributed by atoms with Crippen LogP contribution in [0.4, 0.5) is 27.6 Å². The number of nitrogens with one attached hydrogen (secondary N) is 1. The topological polar surface area (TPSA) is 24.9 Å². The molecule has 0 aliphatic heterocycles. The van der Waals surface area contributed by atoms with Gasteiger partial charge < -0.3 is 5.32 Å². The lowest BCUT2D eigenvalue weighted by Crippen LogP contribution is -2.07. The molecule has 1 aromatic heterocycles. The molecular formula is C30H21F5N2. The second kappa shape index (κ2) is 10.0. The summed E-state index contributed by atoms with van der Waals surface area (Å²) < 4.78 is 68.2. The van der Waals surface area contributed by atoms with E-state index in [0.717, 1.165) is 29.3 Å². The van der Waals surface area contributed by atoms with Crippen LogP contribution < -0.4 is 5.32 Å². The quantitative estimate of drug-likeness (QED) is 0.235. The summed E-state index contributed by atoms with van der Waals surface area (Å²) in [6.07, 6.45) is -2.54. The molecule has 0 unspecified atom stereocenters. The minimum Gasteiger partial charge on any atom is -0.381 e. The van der Waals surface area contributed by atoms with Gasteiger partial charge >= 0.3 is 6.18 Å². The molecule has 5 rings (SSSR count). The Morgan fingerprint density at radius 2 is 1.51 bits per heavy atom. The Kier molecular flexibility index (Phi) is 6.61. The van der Waals surface area contributed by atoms with Crippen LogP contribution in [-0.2, 0) is 19.1 Å². The fourth-order valence-corrected chi connectivity index (χ4v) is 4.42. The minimum atomic E-state index is -4.54. The van der Waals surface area contributed by atoms with E-state index < -0.39 is 23.4 Å². The Morgan fingerprint density at radius 1 is 0.730 bits per heavy atom. The zero-order chi connectivity index (χ0) is 26.0. The molecule has 1 N–H and O–H groups in total. The number of para-hydroxylation sites is 1. The first kappa shape index (κ1) is 24.4. The third-order valence-corrected chi connectivity index (χ3v) is 6.15. The van der Waals surface area contributed by atoms with Crippen molar-refractivity contribution >= 4 is 16.6 Å². The summed E-state index contributed by atoms with van der Waals surface area (Å²) in [5.74, 6) is -1.85. The third kappa shape index (κ3) is 5.31. The fraction of sp³-hybridized carbons (Fsp3) is 0.100. The zero-order valence-electron chi connectivity index (χ0n) is 19.5. The van der Waals surface area contributed by atoms with E-state index in [1.54, 1.807) is 12.1 Å². The Morgan fingerprint density at radius 3 is 2.27 bits per heavy atom. The molecule has 0 fully saturated rings. The largest absolute Gasteiger partial charge is 0.418 e. The van der Waals surface area contributed by atoms with Crippen LogP contribution in [0, 0.1) is 11.6 Å². The van der Waals surface area contributed by atoms with Gasteiger partial charge in [0, 0.05) is 23.8 Å². The lowest BCUT2D eigenvalue weighted by atomic mass is 9.91. The van der Waals surface area contributed by atoms with Gasteiger partial charge in [-0.2, -0.15) is 13.2 Å². The molecule has 0 aliphatic carbocycles. The number of anilines is 1. The molecule has 186 valence electrons. The van der Waals surface area contributed by atoms with Gasteiger partial charge in [0.1, 0.15) is 0 Å². The van der Waals surface area contributed by atoms with Crippen LogP contribution in [0.2, 0.25) is 0 Å². The van der Waals surface area contributed by atoms with Gasteiger partial charge in [0.2, 0.25) is 0 Å². The summed E-state index contributed by atoms with van der Waals surface area (Å²) >= 11 is 0. The molecule has 37 heavy (non-hydrogen) atoms. The molecule has 0 saturated heterocycles. The molecule has 2 nitrogen and oxygen atoms in total. The average molecular weight is 505 g/mol. The van der Waals surface area contributed by atoms with E-state index in [1.807, 2.05) is 48.5 Å². The van der Waals surface area contributed by atoms with Crippen molar-refractivity contribution in [3.05, 3.63) is 131 Å². The maximum absolute atomic E-state index is 13.8. The number of pyridine rings is 1. The van der Waals surface area contributed by atoms with Crippen LogP contribution in [0.15, 0.2) is 97.2 Å². The first-order valence-electron chi connectivity index (χ1n) is 11.6. The summed E-state index contributed by atoms with van der Waals surface area (Å²) in [5.41, 5.74) is 3.51. The molecule has 0 amide bonds. The molecule has 0 atom stereocenters. The smallest absolute Gasteiger partial charge is 0.381 e. The van der Waals surface area contributed by atoms with E-state index in [0.29, 0.717) is 34.2 Å². The predicted molar refractivity (Wildman–Crippen MR) is 135 cm³/mol. The normalized spacial score (nSPS) is 11.6. The highest BCUT2D eigenvalue weighted by molar-refractivity contribution is 5.98.